The summed E-state index contributed by atoms with van der Waals surface area (Å²) in [6, 6.07) is 9.15. The SMILES string of the molecule is CCOC(=O)c1c(-n2c(C)cc(/C=C(\C#N)C(=O)Nc3ccc(C)c(Cl)c3)c2C)sc2c1CCCC2. The van der Waals surface area contributed by atoms with Crippen molar-refractivity contribution in [3.63, 3.8) is 0 Å². The topological polar surface area (TPSA) is 84.1 Å². The number of hydrogen-bond donors (Lipinski definition) is 1. The van der Waals surface area contributed by atoms with Gasteiger partial charge in [0.1, 0.15) is 16.6 Å². The molecule has 0 saturated heterocycles. The third-order valence-electron chi connectivity index (χ3n) is 6.40. The Morgan fingerprint density at radius 3 is 2.67 bits per heavy atom. The molecule has 1 amide bonds. The van der Waals surface area contributed by atoms with Crippen molar-refractivity contribution < 1.29 is 14.3 Å². The maximum Gasteiger partial charge on any atom is 0.341 e. The van der Waals surface area contributed by atoms with E-state index in [0.29, 0.717) is 22.9 Å². The van der Waals surface area contributed by atoms with Crippen molar-refractivity contribution in [3.05, 3.63) is 73.4 Å². The monoisotopic (exact) mass is 521 g/mol. The number of benzene rings is 1. The van der Waals surface area contributed by atoms with Gasteiger partial charge in [-0.15, -0.1) is 11.3 Å². The molecule has 3 aromatic rings. The van der Waals surface area contributed by atoms with Gasteiger partial charge in [0, 0.05) is 27.0 Å². The molecule has 0 bridgehead atoms. The minimum atomic E-state index is -0.513. The van der Waals surface area contributed by atoms with Crippen molar-refractivity contribution in [3.8, 4) is 11.1 Å². The summed E-state index contributed by atoms with van der Waals surface area (Å²) >= 11 is 7.80. The maximum atomic E-state index is 13.0. The Bertz CT molecular complexity index is 1420. The maximum absolute atomic E-state index is 13.0. The second kappa shape index (κ2) is 10.7. The van der Waals surface area contributed by atoms with Crippen LogP contribution in [-0.2, 0) is 22.4 Å². The number of anilines is 1. The molecule has 0 atom stereocenters. The number of hydrogen-bond acceptors (Lipinski definition) is 5. The van der Waals surface area contributed by atoms with Crippen LogP contribution in [0.5, 0.6) is 0 Å². The highest BCUT2D eigenvalue weighted by Gasteiger charge is 2.28. The van der Waals surface area contributed by atoms with Gasteiger partial charge in [0.05, 0.1) is 12.2 Å². The third kappa shape index (κ3) is 4.97. The quantitative estimate of drug-likeness (QED) is 0.222. The summed E-state index contributed by atoms with van der Waals surface area (Å²) in [7, 11) is 0. The van der Waals surface area contributed by atoms with Gasteiger partial charge in [-0.25, -0.2) is 4.79 Å². The number of aromatic nitrogens is 1. The van der Waals surface area contributed by atoms with Crippen LogP contribution in [0.2, 0.25) is 5.02 Å². The molecule has 186 valence electrons. The number of nitriles is 1. The first-order valence-electron chi connectivity index (χ1n) is 11.9. The lowest BCUT2D eigenvalue weighted by molar-refractivity contribution is -0.112. The Hall–Kier alpha value is -3.34. The van der Waals surface area contributed by atoms with Crippen molar-refractivity contribution in [1.29, 1.82) is 5.26 Å². The number of thiophene rings is 1. The highest BCUT2D eigenvalue weighted by atomic mass is 35.5. The third-order valence-corrected chi connectivity index (χ3v) is 8.08. The fourth-order valence-corrected chi connectivity index (χ4v) is 6.21. The molecule has 36 heavy (non-hydrogen) atoms. The molecule has 0 spiro atoms. The standard InChI is InChI=1S/C28H28ClN3O3S/c1-5-35-28(34)25-22-8-6-7-9-24(22)36-27(25)32-17(3)12-19(18(32)4)13-20(15-30)26(33)31-21-11-10-16(2)23(29)14-21/h10-14H,5-9H2,1-4H3,(H,31,33)/b20-13+. The Kier molecular flexibility index (Phi) is 7.67. The average molecular weight is 522 g/mol. The zero-order valence-corrected chi connectivity index (χ0v) is 22.4. The van der Waals surface area contributed by atoms with E-state index in [9.17, 15) is 14.9 Å². The molecule has 1 aliphatic rings. The number of nitrogens with zero attached hydrogens (tertiary/aromatic N) is 2. The molecule has 6 nitrogen and oxygen atoms in total. The number of aryl methyl sites for hydroxylation is 3. The van der Waals surface area contributed by atoms with Gasteiger partial charge in [-0.2, -0.15) is 5.26 Å². The van der Waals surface area contributed by atoms with Crippen molar-refractivity contribution in [1.82, 2.24) is 4.57 Å². The van der Waals surface area contributed by atoms with Gasteiger partial charge in [0.15, 0.2) is 0 Å². The molecule has 0 aliphatic heterocycles. The molecule has 0 saturated carbocycles. The fourth-order valence-electron chi connectivity index (χ4n) is 4.54. The minimum Gasteiger partial charge on any atom is -0.462 e. The van der Waals surface area contributed by atoms with Gasteiger partial charge >= 0.3 is 5.97 Å². The van der Waals surface area contributed by atoms with E-state index in [1.54, 1.807) is 29.5 Å². The fraction of sp³-hybridized carbons (Fsp3) is 0.321. The molecule has 0 fully saturated rings. The van der Waals surface area contributed by atoms with Crippen LogP contribution < -0.4 is 5.32 Å². The normalized spacial score (nSPS) is 13.2. The molecule has 8 heteroatoms. The Morgan fingerprint density at radius 2 is 1.97 bits per heavy atom. The van der Waals surface area contributed by atoms with Crippen LogP contribution in [0.3, 0.4) is 0 Å². The number of esters is 1. The molecule has 0 unspecified atom stereocenters. The molecule has 2 aromatic heterocycles. The second-order valence-corrected chi connectivity index (χ2v) is 10.4. The highest BCUT2D eigenvalue weighted by Crippen LogP contribution is 2.39. The van der Waals surface area contributed by atoms with E-state index in [-0.39, 0.29) is 11.5 Å². The number of rotatable bonds is 6. The van der Waals surface area contributed by atoms with E-state index < -0.39 is 5.91 Å². The van der Waals surface area contributed by atoms with Crippen LogP contribution in [0.25, 0.3) is 11.1 Å². The van der Waals surface area contributed by atoms with Crippen molar-refractivity contribution >= 4 is 46.6 Å². The molecule has 2 heterocycles. The zero-order valence-electron chi connectivity index (χ0n) is 20.8. The Balaban J connectivity index is 1.72. The lowest BCUT2D eigenvalue weighted by atomic mass is 9.95. The first kappa shape index (κ1) is 25.7. The van der Waals surface area contributed by atoms with E-state index in [4.69, 9.17) is 16.3 Å². The Morgan fingerprint density at radius 1 is 1.22 bits per heavy atom. The first-order chi connectivity index (χ1) is 17.2. The number of ether oxygens (including phenoxy) is 1. The summed E-state index contributed by atoms with van der Waals surface area (Å²) in [5.41, 5.74) is 5.62. The number of fused-ring (bicyclic) bond motifs is 1. The molecule has 0 radical (unpaired) electrons. The predicted octanol–water partition coefficient (Wildman–Crippen LogP) is 6.72. The molecular weight excluding hydrogens is 494 g/mol. The van der Waals surface area contributed by atoms with E-state index >= 15 is 0 Å². The van der Waals surface area contributed by atoms with Gasteiger partial charge in [0.25, 0.3) is 5.91 Å². The Labute approximate surface area is 220 Å². The van der Waals surface area contributed by atoms with Crippen molar-refractivity contribution in [2.24, 2.45) is 0 Å². The highest BCUT2D eigenvalue weighted by molar-refractivity contribution is 7.15. The van der Waals surface area contributed by atoms with E-state index in [1.807, 2.05) is 50.5 Å². The number of carbonyl (C=O) groups is 2. The molecule has 4 rings (SSSR count). The average Bonchev–Trinajstić information content (AvgIpc) is 3.35. The minimum absolute atomic E-state index is 0.0250. The summed E-state index contributed by atoms with van der Waals surface area (Å²) < 4.78 is 7.46. The van der Waals surface area contributed by atoms with E-state index in [0.717, 1.165) is 58.8 Å². The molecular formula is C28H28ClN3O3S. The van der Waals surface area contributed by atoms with E-state index in [1.165, 1.54) is 4.88 Å². The molecule has 1 aliphatic carbocycles. The summed E-state index contributed by atoms with van der Waals surface area (Å²) in [6.45, 7) is 7.89. The van der Waals surface area contributed by atoms with Crippen LogP contribution in [0.15, 0.2) is 29.8 Å². The van der Waals surface area contributed by atoms with Gasteiger partial charge in [-0.1, -0.05) is 17.7 Å². The molecule has 1 N–H and O–H groups in total. The summed E-state index contributed by atoms with van der Waals surface area (Å²) in [6.07, 6.45) is 5.58. The van der Waals surface area contributed by atoms with Crippen molar-refractivity contribution in [2.45, 2.75) is 53.4 Å². The van der Waals surface area contributed by atoms with Crippen LogP contribution in [0, 0.1) is 32.1 Å². The van der Waals surface area contributed by atoms with Crippen LogP contribution in [0.1, 0.15) is 63.1 Å². The second-order valence-electron chi connectivity index (χ2n) is 8.86. The van der Waals surface area contributed by atoms with Crippen LogP contribution in [-0.4, -0.2) is 23.1 Å². The largest absolute Gasteiger partial charge is 0.462 e. The first-order valence-corrected chi connectivity index (χ1v) is 13.1. The number of nitrogens with one attached hydrogen (secondary N) is 1. The van der Waals surface area contributed by atoms with Crippen LogP contribution >= 0.6 is 22.9 Å². The zero-order chi connectivity index (χ0) is 26.0. The number of carbonyl (C=O) groups excluding carboxylic acids is 2. The number of amides is 1. The summed E-state index contributed by atoms with van der Waals surface area (Å²) in [4.78, 5) is 27.1. The van der Waals surface area contributed by atoms with Gasteiger partial charge in [0.2, 0.25) is 0 Å². The number of halogens is 1. The smallest absolute Gasteiger partial charge is 0.341 e. The lowest BCUT2D eigenvalue weighted by Crippen LogP contribution is -2.13. The predicted molar refractivity (Wildman–Crippen MR) is 144 cm³/mol. The van der Waals surface area contributed by atoms with Gasteiger partial charge in [-0.05, 0) is 94.3 Å². The van der Waals surface area contributed by atoms with Crippen molar-refractivity contribution in [2.75, 3.05) is 11.9 Å². The van der Waals surface area contributed by atoms with Gasteiger partial charge < -0.3 is 14.6 Å². The van der Waals surface area contributed by atoms with Gasteiger partial charge in [-0.3, -0.25) is 4.79 Å². The van der Waals surface area contributed by atoms with E-state index in [2.05, 4.69) is 5.32 Å². The summed E-state index contributed by atoms with van der Waals surface area (Å²) in [5.74, 6) is -0.814. The van der Waals surface area contributed by atoms with Crippen LogP contribution in [0.4, 0.5) is 5.69 Å². The summed E-state index contributed by atoms with van der Waals surface area (Å²) in [5, 5.41) is 13.9. The molecule has 1 aromatic carbocycles. The lowest BCUT2D eigenvalue weighted by Gasteiger charge is -2.13.